The van der Waals surface area contributed by atoms with Crippen molar-refractivity contribution in [1.82, 2.24) is 10.6 Å². The molecule has 0 fully saturated rings. The second-order valence-corrected chi connectivity index (χ2v) is 8.39. The fraction of sp³-hybridized carbons (Fsp3) is 0.231. The zero-order chi connectivity index (χ0) is 23.4. The van der Waals surface area contributed by atoms with Gasteiger partial charge in [-0.25, -0.2) is 0 Å². The number of amides is 2. The van der Waals surface area contributed by atoms with Crippen LogP contribution in [0, 0.1) is 0 Å². The number of hydrogen-bond donors (Lipinski definition) is 2. The molecule has 0 spiro atoms. The molecular weight excluding hydrogens is 420 g/mol. The van der Waals surface area contributed by atoms with Gasteiger partial charge in [0.2, 0.25) is 0 Å². The first-order valence-corrected chi connectivity index (χ1v) is 10.6. The van der Waals surface area contributed by atoms with Gasteiger partial charge in [0.05, 0.1) is 19.4 Å². The molecule has 2 aromatic carbocycles. The molecule has 0 saturated carbocycles. The van der Waals surface area contributed by atoms with Crippen molar-refractivity contribution in [3.63, 3.8) is 0 Å². The van der Waals surface area contributed by atoms with E-state index in [9.17, 15) is 9.59 Å². The molecule has 4 rings (SSSR count). The monoisotopic (exact) mass is 446 g/mol. The summed E-state index contributed by atoms with van der Waals surface area (Å²) in [5.41, 5.74) is 0.909. The van der Waals surface area contributed by atoms with E-state index < -0.39 is 17.4 Å². The van der Waals surface area contributed by atoms with E-state index in [1.807, 2.05) is 38.1 Å². The molecule has 3 aromatic rings. The number of rotatable bonds is 6. The minimum atomic E-state index is -0.455. The summed E-state index contributed by atoms with van der Waals surface area (Å²) in [5, 5.41) is 5.78. The minimum Gasteiger partial charge on any atom is -0.497 e. The summed E-state index contributed by atoms with van der Waals surface area (Å²) in [5.74, 6) is 0.973. The van der Waals surface area contributed by atoms with E-state index in [4.69, 9.17) is 13.9 Å². The maximum Gasteiger partial charge on any atom is 0.268 e. The van der Waals surface area contributed by atoms with Crippen LogP contribution in [0.15, 0.2) is 77.0 Å². The molecule has 2 amide bonds. The smallest absolute Gasteiger partial charge is 0.268 e. The van der Waals surface area contributed by atoms with Crippen molar-refractivity contribution >= 4 is 17.9 Å². The van der Waals surface area contributed by atoms with Crippen LogP contribution >= 0.6 is 0 Å². The normalized spacial score (nSPS) is 16.8. The second-order valence-electron chi connectivity index (χ2n) is 8.39. The average molecular weight is 447 g/mol. The maximum atomic E-state index is 13.3. The molecule has 2 heterocycles. The quantitative estimate of drug-likeness (QED) is 0.545. The Morgan fingerprint density at radius 1 is 1.06 bits per heavy atom. The van der Waals surface area contributed by atoms with Gasteiger partial charge < -0.3 is 24.5 Å². The number of ether oxygens (including phenoxy) is 2. The van der Waals surface area contributed by atoms with Gasteiger partial charge in [0.15, 0.2) is 0 Å². The SMILES string of the molecule is COc1ccc(C(=O)N/C(=C\c2ccco2)C(=O)N[C@H]2CC(C)(C)Oc3ccccc32)cc1. The number of fused-ring (bicyclic) bond motifs is 1. The van der Waals surface area contributed by atoms with Crippen LogP contribution in [-0.4, -0.2) is 24.5 Å². The highest BCUT2D eigenvalue weighted by atomic mass is 16.5. The number of nitrogens with one attached hydrogen (secondary N) is 2. The van der Waals surface area contributed by atoms with Gasteiger partial charge in [-0.3, -0.25) is 9.59 Å². The van der Waals surface area contributed by atoms with Gasteiger partial charge in [0.1, 0.15) is 28.6 Å². The van der Waals surface area contributed by atoms with Gasteiger partial charge in [0.25, 0.3) is 11.8 Å². The molecule has 2 N–H and O–H groups in total. The van der Waals surface area contributed by atoms with E-state index >= 15 is 0 Å². The van der Waals surface area contributed by atoms with Gasteiger partial charge >= 0.3 is 0 Å². The van der Waals surface area contributed by atoms with Crippen molar-refractivity contribution in [2.45, 2.75) is 31.9 Å². The van der Waals surface area contributed by atoms with Crippen LogP contribution in [0.4, 0.5) is 0 Å². The van der Waals surface area contributed by atoms with Gasteiger partial charge in [0, 0.05) is 23.6 Å². The topological polar surface area (TPSA) is 89.8 Å². The lowest BCUT2D eigenvalue weighted by Crippen LogP contribution is -2.43. The molecule has 1 atom stereocenters. The summed E-state index contributed by atoms with van der Waals surface area (Å²) in [6, 6.07) is 17.4. The Hall–Kier alpha value is -4.00. The number of hydrogen-bond acceptors (Lipinski definition) is 5. The molecule has 7 heteroatoms. The summed E-state index contributed by atoms with van der Waals surface area (Å²) in [6.07, 6.45) is 3.59. The van der Waals surface area contributed by atoms with E-state index in [0.29, 0.717) is 23.5 Å². The van der Waals surface area contributed by atoms with Crippen molar-refractivity contribution in [3.05, 3.63) is 89.5 Å². The molecule has 1 aliphatic rings. The Kier molecular flexibility index (Phi) is 6.22. The zero-order valence-electron chi connectivity index (χ0n) is 18.8. The summed E-state index contributed by atoms with van der Waals surface area (Å²) in [4.78, 5) is 26.2. The van der Waals surface area contributed by atoms with Crippen molar-refractivity contribution in [2.75, 3.05) is 7.11 Å². The fourth-order valence-corrected chi connectivity index (χ4v) is 3.78. The first-order valence-electron chi connectivity index (χ1n) is 10.6. The predicted molar refractivity (Wildman–Crippen MR) is 124 cm³/mol. The first-order chi connectivity index (χ1) is 15.8. The molecule has 0 radical (unpaired) electrons. The van der Waals surface area contributed by atoms with Crippen LogP contribution in [0.5, 0.6) is 11.5 Å². The highest BCUT2D eigenvalue weighted by molar-refractivity contribution is 6.05. The third kappa shape index (κ3) is 5.26. The van der Waals surface area contributed by atoms with E-state index in [1.54, 1.807) is 43.5 Å². The molecule has 33 heavy (non-hydrogen) atoms. The largest absolute Gasteiger partial charge is 0.497 e. The van der Waals surface area contributed by atoms with Gasteiger partial charge in [-0.1, -0.05) is 18.2 Å². The maximum absolute atomic E-state index is 13.3. The highest BCUT2D eigenvalue weighted by Gasteiger charge is 2.34. The third-order valence-corrected chi connectivity index (χ3v) is 5.36. The number of benzene rings is 2. The second kappa shape index (κ2) is 9.24. The Labute approximate surface area is 192 Å². The zero-order valence-corrected chi connectivity index (χ0v) is 18.8. The number of furan rings is 1. The third-order valence-electron chi connectivity index (χ3n) is 5.36. The molecular formula is C26H26N2O5. The fourth-order valence-electron chi connectivity index (χ4n) is 3.78. The van der Waals surface area contributed by atoms with Gasteiger partial charge in [-0.2, -0.15) is 0 Å². The summed E-state index contributed by atoms with van der Waals surface area (Å²) < 4.78 is 16.6. The summed E-state index contributed by atoms with van der Waals surface area (Å²) in [6.45, 7) is 3.96. The number of carbonyl (C=O) groups is 2. The van der Waals surface area contributed by atoms with Crippen LogP contribution in [-0.2, 0) is 4.79 Å². The number of para-hydroxylation sites is 1. The van der Waals surface area contributed by atoms with E-state index in [2.05, 4.69) is 10.6 Å². The first kappa shape index (κ1) is 22.2. The predicted octanol–water partition coefficient (Wildman–Crippen LogP) is 4.48. The molecule has 7 nitrogen and oxygen atoms in total. The van der Waals surface area contributed by atoms with E-state index in [-0.39, 0.29) is 11.7 Å². The summed E-state index contributed by atoms with van der Waals surface area (Å²) >= 11 is 0. The van der Waals surface area contributed by atoms with Crippen molar-refractivity contribution in [3.8, 4) is 11.5 Å². The molecule has 0 saturated heterocycles. The Bertz CT molecular complexity index is 1160. The molecule has 1 aliphatic heterocycles. The lowest BCUT2D eigenvalue weighted by atomic mass is 9.89. The Balaban J connectivity index is 1.58. The number of carbonyl (C=O) groups excluding carboxylic acids is 2. The molecule has 170 valence electrons. The van der Waals surface area contributed by atoms with Crippen LogP contribution < -0.4 is 20.1 Å². The Morgan fingerprint density at radius 3 is 2.52 bits per heavy atom. The molecule has 0 bridgehead atoms. The van der Waals surface area contributed by atoms with Crippen LogP contribution in [0.3, 0.4) is 0 Å². The van der Waals surface area contributed by atoms with E-state index in [0.717, 1.165) is 11.3 Å². The highest BCUT2D eigenvalue weighted by Crippen LogP contribution is 2.39. The molecule has 1 aromatic heterocycles. The van der Waals surface area contributed by atoms with Gasteiger partial charge in [-0.05, 0) is 56.3 Å². The standard InChI is InChI=1S/C26H26N2O5/c1-26(2)16-22(20-8-4-5-9-23(20)33-26)28-25(30)21(15-19-7-6-14-32-19)27-24(29)17-10-12-18(31-3)13-11-17/h4-15,22H,16H2,1-3H3,(H,27,29)(H,28,30)/b21-15-/t22-/m0/s1. The molecule has 0 aliphatic carbocycles. The van der Waals surface area contributed by atoms with Crippen LogP contribution in [0.1, 0.15) is 48.0 Å². The van der Waals surface area contributed by atoms with Crippen molar-refractivity contribution in [2.24, 2.45) is 0 Å². The molecule has 0 unspecified atom stereocenters. The number of methoxy groups -OCH3 is 1. The summed E-state index contributed by atoms with van der Waals surface area (Å²) in [7, 11) is 1.55. The Morgan fingerprint density at radius 2 is 1.82 bits per heavy atom. The van der Waals surface area contributed by atoms with E-state index in [1.165, 1.54) is 12.3 Å². The van der Waals surface area contributed by atoms with Crippen molar-refractivity contribution in [1.29, 1.82) is 0 Å². The van der Waals surface area contributed by atoms with Crippen LogP contribution in [0.2, 0.25) is 0 Å². The average Bonchev–Trinajstić information content (AvgIpc) is 3.31. The van der Waals surface area contributed by atoms with Crippen molar-refractivity contribution < 1.29 is 23.5 Å². The minimum absolute atomic E-state index is 0.0764. The lowest BCUT2D eigenvalue weighted by Gasteiger charge is -2.38. The van der Waals surface area contributed by atoms with Crippen LogP contribution in [0.25, 0.3) is 6.08 Å². The van der Waals surface area contributed by atoms with Gasteiger partial charge in [-0.15, -0.1) is 0 Å². The lowest BCUT2D eigenvalue weighted by molar-refractivity contribution is -0.119.